The second-order valence-electron chi connectivity index (χ2n) is 3.76. The van der Waals surface area contributed by atoms with Crippen molar-refractivity contribution in [2.75, 3.05) is 0 Å². The molecule has 1 aromatic rings. The molecule has 0 saturated carbocycles. The monoisotopic (exact) mass is 218 g/mol. The van der Waals surface area contributed by atoms with Gasteiger partial charge in [-0.3, -0.25) is 9.59 Å². The molecule has 0 aliphatic heterocycles. The number of carbonyl (C=O) groups is 3. The first-order valence-corrected chi connectivity index (χ1v) is 5.14. The highest BCUT2D eigenvalue weighted by Crippen LogP contribution is 2.09. The van der Waals surface area contributed by atoms with E-state index >= 15 is 0 Å². The van der Waals surface area contributed by atoms with E-state index in [9.17, 15) is 14.4 Å². The quantitative estimate of drug-likeness (QED) is 0.713. The van der Waals surface area contributed by atoms with Crippen molar-refractivity contribution < 1.29 is 14.4 Å². The van der Waals surface area contributed by atoms with Crippen molar-refractivity contribution in [3.63, 3.8) is 0 Å². The van der Waals surface area contributed by atoms with E-state index in [4.69, 9.17) is 0 Å². The van der Waals surface area contributed by atoms with Crippen molar-refractivity contribution in [3.05, 3.63) is 35.4 Å². The summed E-state index contributed by atoms with van der Waals surface area (Å²) in [5, 5.41) is 0. The summed E-state index contributed by atoms with van der Waals surface area (Å²) in [6, 6.07) is 6.58. The summed E-state index contributed by atoms with van der Waals surface area (Å²) in [4.78, 5) is 33.5. The third-order valence-electron chi connectivity index (χ3n) is 2.30. The first kappa shape index (κ1) is 12.3. The fourth-order valence-corrected chi connectivity index (χ4v) is 1.35. The van der Waals surface area contributed by atoms with Gasteiger partial charge in [-0.05, 0) is 19.9 Å². The first-order chi connectivity index (χ1) is 7.50. The van der Waals surface area contributed by atoms with Crippen LogP contribution in [-0.2, 0) is 4.79 Å². The lowest BCUT2D eigenvalue weighted by Gasteiger charge is -2.01. The van der Waals surface area contributed by atoms with Gasteiger partial charge in [-0.2, -0.15) is 0 Å². The van der Waals surface area contributed by atoms with E-state index in [-0.39, 0.29) is 30.2 Å². The third kappa shape index (κ3) is 3.42. The summed E-state index contributed by atoms with van der Waals surface area (Å²) >= 11 is 0. The summed E-state index contributed by atoms with van der Waals surface area (Å²) in [5.41, 5.74) is 1.02. The lowest BCUT2D eigenvalue weighted by atomic mass is 10.0. The highest BCUT2D eigenvalue weighted by molar-refractivity contribution is 6.01. The van der Waals surface area contributed by atoms with E-state index in [2.05, 4.69) is 0 Å². The van der Waals surface area contributed by atoms with E-state index in [0.717, 1.165) is 0 Å². The smallest absolute Gasteiger partial charge is 0.163 e. The zero-order chi connectivity index (χ0) is 12.1. The Morgan fingerprint density at radius 2 is 1.62 bits per heavy atom. The Bertz CT molecular complexity index is 433. The average Bonchev–Trinajstić information content (AvgIpc) is 2.26. The predicted molar refractivity (Wildman–Crippen MR) is 60.7 cm³/mol. The molecule has 0 heterocycles. The van der Waals surface area contributed by atoms with Crippen molar-refractivity contribution in [3.8, 4) is 0 Å². The number of benzene rings is 1. The van der Waals surface area contributed by atoms with Gasteiger partial charge in [0.2, 0.25) is 0 Å². The summed E-state index contributed by atoms with van der Waals surface area (Å²) in [6.07, 6.45) is 0.458. The largest absolute Gasteiger partial charge is 0.300 e. The van der Waals surface area contributed by atoms with Crippen LogP contribution < -0.4 is 0 Å². The molecule has 3 heteroatoms. The van der Waals surface area contributed by atoms with Gasteiger partial charge in [0.05, 0.1) is 0 Å². The molecule has 0 aliphatic rings. The predicted octanol–water partition coefficient (Wildman–Crippen LogP) is 2.44. The zero-order valence-electron chi connectivity index (χ0n) is 9.45. The molecule has 0 aromatic heterocycles. The van der Waals surface area contributed by atoms with Crippen LogP contribution in [-0.4, -0.2) is 17.3 Å². The van der Waals surface area contributed by atoms with Gasteiger partial charge in [0.15, 0.2) is 11.6 Å². The number of ketones is 3. The third-order valence-corrected chi connectivity index (χ3v) is 2.30. The minimum Gasteiger partial charge on any atom is -0.300 e. The molecule has 0 radical (unpaired) electrons. The van der Waals surface area contributed by atoms with E-state index in [1.54, 1.807) is 24.3 Å². The molecule has 0 spiro atoms. The van der Waals surface area contributed by atoms with E-state index in [0.29, 0.717) is 11.1 Å². The molecule has 1 aromatic carbocycles. The second kappa shape index (κ2) is 5.35. The molecule has 0 amide bonds. The Balaban J connectivity index is 2.79. The van der Waals surface area contributed by atoms with Gasteiger partial charge in [-0.25, -0.2) is 0 Å². The minimum atomic E-state index is -0.0988. The molecular formula is C13H14O3. The van der Waals surface area contributed by atoms with Gasteiger partial charge >= 0.3 is 0 Å². The number of Topliss-reactive ketones (excluding diaryl/α,β-unsaturated/α-hetero) is 3. The summed E-state index contributed by atoms with van der Waals surface area (Å²) < 4.78 is 0. The minimum absolute atomic E-state index is 0.00364. The van der Waals surface area contributed by atoms with Gasteiger partial charge in [0, 0.05) is 24.0 Å². The van der Waals surface area contributed by atoms with Crippen LogP contribution in [0, 0.1) is 0 Å². The van der Waals surface area contributed by atoms with Crippen LogP contribution in [0.1, 0.15) is 47.4 Å². The van der Waals surface area contributed by atoms with E-state index in [1.165, 1.54) is 13.8 Å². The molecule has 0 saturated heterocycles. The standard InChI is InChI=1S/C13H14O3/c1-9(14)6-7-13(16)12-5-3-4-11(8-12)10(2)15/h3-5,8H,6-7H2,1-2H3. The number of hydrogen-bond acceptors (Lipinski definition) is 3. The van der Waals surface area contributed by atoms with Gasteiger partial charge in [0.25, 0.3) is 0 Å². The van der Waals surface area contributed by atoms with E-state index in [1.807, 2.05) is 0 Å². The number of rotatable bonds is 5. The molecule has 16 heavy (non-hydrogen) atoms. The Labute approximate surface area is 94.5 Å². The van der Waals surface area contributed by atoms with Gasteiger partial charge in [0.1, 0.15) is 5.78 Å². The lowest BCUT2D eigenvalue weighted by molar-refractivity contribution is -0.116. The molecule has 0 aliphatic carbocycles. The van der Waals surface area contributed by atoms with Crippen molar-refractivity contribution >= 4 is 17.3 Å². The van der Waals surface area contributed by atoms with Gasteiger partial charge in [-0.15, -0.1) is 0 Å². The van der Waals surface area contributed by atoms with Gasteiger partial charge in [-0.1, -0.05) is 18.2 Å². The Hall–Kier alpha value is -1.77. The molecule has 1 rings (SSSR count). The molecule has 84 valence electrons. The van der Waals surface area contributed by atoms with Crippen molar-refractivity contribution in [2.24, 2.45) is 0 Å². The first-order valence-electron chi connectivity index (χ1n) is 5.14. The fourth-order valence-electron chi connectivity index (χ4n) is 1.35. The van der Waals surface area contributed by atoms with Crippen LogP contribution in [0.4, 0.5) is 0 Å². The normalized spacial score (nSPS) is 9.88. The highest BCUT2D eigenvalue weighted by atomic mass is 16.1. The van der Waals surface area contributed by atoms with E-state index < -0.39 is 0 Å². The lowest BCUT2D eigenvalue weighted by Crippen LogP contribution is -2.03. The summed E-state index contributed by atoms with van der Waals surface area (Å²) in [7, 11) is 0. The molecule has 0 unspecified atom stereocenters. The van der Waals surface area contributed by atoms with Crippen LogP contribution in [0.5, 0.6) is 0 Å². The number of hydrogen-bond donors (Lipinski definition) is 0. The van der Waals surface area contributed by atoms with Crippen LogP contribution in [0.2, 0.25) is 0 Å². The van der Waals surface area contributed by atoms with Crippen LogP contribution in [0.25, 0.3) is 0 Å². The Kier molecular flexibility index (Phi) is 4.11. The van der Waals surface area contributed by atoms with Crippen molar-refractivity contribution in [2.45, 2.75) is 26.7 Å². The molecule has 0 N–H and O–H groups in total. The SMILES string of the molecule is CC(=O)CCC(=O)c1cccc(C(C)=O)c1. The van der Waals surface area contributed by atoms with Crippen LogP contribution >= 0.6 is 0 Å². The molecule has 0 atom stereocenters. The maximum Gasteiger partial charge on any atom is 0.163 e. The van der Waals surface area contributed by atoms with Crippen LogP contribution in [0.3, 0.4) is 0 Å². The summed E-state index contributed by atoms with van der Waals surface area (Å²) in [6.45, 7) is 2.92. The molecular weight excluding hydrogens is 204 g/mol. The second-order valence-corrected chi connectivity index (χ2v) is 3.76. The fraction of sp³-hybridized carbons (Fsp3) is 0.308. The Morgan fingerprint density at radius 3 is 2.19 bits per heavy atom. The molecule has 3 nitrogen and oxygen atoms in total. The molecule has 0 bridgehead atoms. The average molecular weight is 218 g/mol. The van der Waals surface area contributed by atoms with Gasteiger partial charge < -0.3 is 4.79 Å². The number of carbonyl (C=O) groups excluding carboxylic acids is 3. The Morgan fingerprint density at radius 1 is 1.00 bits per heavy atom. The van der Waals surface area contributed by atoms with Crippen molar-refractivity contribution in [1.29, 1.82) is 0 Å². The topological polar surface area (TPSA) is 51.2 Å². The maximum absolute atomic E-state index is 11.7. The summed E-state index contributed by atoms with van der Waals surface area (Å²) in [5.74, 6) is -0.171. The molecule has 0 fully saturated rings. The zero-order valence-corrected chi connectivity index (χ0v) is 9.45. The van der Waals surface area contributed by atoms with Crippen molar-refractivity contribution in [1.82, 2.24) is 0 Å². The highest BCUT2D eigenvalue weighted by Gasteiger charge is 2.08. The van der Waals surface area contributed by atoms with Crippen LogP contribution in [0.15, 0.2) is 24.3 Å². The maximum atomic E-state index is 11.7.